The lowest BCUT2D eigenvalue weighted by molar-refractivity contribution is 0.0950. The number of hydrogen-bond acceptors (Lipinski definition) is 4. The quantitative estimate of drug-likeness (QED) is 0.731. The lowest BCUT2D eigenvalue weighted by atomic mass is 10.1. The van der Waals surface area contributed by atoms with E-state index in [1.807, 2.05) is 20.0 Å². The Balaban J connectivity index is 0.000000735. The van der Waals surface area contributed by atoms with Crippen molar-refractivity contribution in [2.75, 3.05) is 7.05 Å². The molecule has 0 atom stereocenters. The molecule has 3 rings (SSSR count). The molecule has 1 N–H and O–H groups in total. The van der Waals surface area contributed by atoms with Gasteiger partial charge in [-0.05, 0) is 62.1 Å². The van der Waals surface area contributed by atoms with Gasteiger partial charge in [0.1, 0.15) is 0 Å². The number of aromatic nitrogens is 2. The average molecular weight is 409 g/mol. The van der Waals surface area contributed by atoms with E-state index >= 15 is 0 Å². The van der Waals surface area contributed by atoms with Crippen LogP contribution in [0.5, 0.6) is 0 Å². The first-order chi connectivity index (χ1) is 14.4. The summed E-state index contributed by atoms with van der Waals surface area (Å²) in [6.07, 6.45) is 10.1. The third-order valence-electron chi connectivity index (χ3n) is 5.15. The van der Waals surface area contributed by atoms with Crippen molar-refractivity contribution in [2.24, 2.45) is 10.9 Å². The van der Waals surface area contributed by atoms with E-state index in [1.54, 1.807) is 48.3 Å². The summed E-state index contributed by atoms with van der Waals surface area (Å²) in [4.78, 5) is 32.2. The van der Waals surface area contributed by atoms with E-state index in [-0.39, 0.29) is 11.5 Å². The Labute approximate surface area is 178 Å². The van der Waals surface area contributed by atoms with E-state index in [4.69, 9.17) is 0 Å². The summed E-state index contributed by atoms with van der Waals surface area (Å²) in [5.74, 6) is 0.412. The summed E-state index contributed by atoms with van der Waals surface area (Å²) in [7, 11) is 1.75. The summed E-state index contributed by atoms with van der Waals surface area (Å²) in [6, 6.07) is 6.89. The molecule has 1 saturated carbocycles. The fraction of sp³-hybridized carbons (Fsp3) is 0.417. The van der Waals surface area contributed by atoms with E-state index in [2.05, 4.69) is 21.9 Å². The van der Waals surface area contributed by atoms with Crippen molar-refractivity contribution in [3.8, 4) is 0 Å². The van der Waals surface area contributed by atoms with Crippen LogP contribution in [-0.4, -0.2) is 28.7 Å². The van der Waals surface area contributed by atoms with Crippen LogP contribution in [0.25, 0.3) is 5.57 Å². The second kappa shape index (κ2) is 11.9. The van der Waals surface area contributed by atoms with Crippen LogP contribution >= 0.6 is 0 Å². The van der Waals surface area contributed by atoms with Gasteiger partial charge in [0, 0.05) is 38.6 Å². The van der Waals surface area contributed by atoms with Crippen molar-refractivity contribution < 1.29 is 4.79 Å². The minimum atomic E-state index is -0.181. The second-order valence-electron chi connectivity index (χ2n) is 7.59. The van der Waals surface area contributed by atoms with Crippen molar-refractivity contribution in [3.63, 3.8) is 0 Å². The Hall–Kier alpha value is -3.02. The van der Waals surface area contributed by atoms with Gasteiger partial charge in [-0.2, -0.15) is 0 Å². The van der Waals surface area contributed by atoms with Crippen LogP contribution in [0.4, 0.5) is 0 Å². The summed E-state index contributed by atoms with van der Waals surface area (Å²) < 4.78 is 1.78. The van der Waals surface area contributed by atoms with Crippen LogP contribution in [-0.2, 0) is 13.1 Å². The number of aliphatic imine (C=N–C) groups is 1. The number of pyridine rings is 2. The summed E-state index contributed by atoms with van der Waals surface area (Å²) in [6.45, 7) is 8.75. The molecule has 0 aliphatic heterocycles. The monoisotopic (exact) mass is 408 g/mol. The average Bonchev–Trinajstić information content (AvgIpc) is 3.27. The lowest BCUT2D eigenvalue weighted by Crippen LogP contribution is -2.26. The molecule has 0 radical (unpaired) electrons. The smallest absolute Gasteiger partial charge is 0.253 e. The van der Waals surface area contributed by atoms with Crippen molar-refractivity contribution in [1.29, 1.82) is 0 Å². The van der Waals surface area contributed by atoms with Gasteiger partial charge in [0.2, 0.25) is 0 Å². The molecule has 0 unspecified atom stereocenters. The maximum absolute atomic E-state index is 12.3. The maximum Gasteiger partial charge on any atom is 0.253 e. The predicted molar refractivity (Wildman–Crippen MR) is 123 cm³/mol. The summed E-state index contributed by atoms with van der Waals surface area (Å²) >= 11 is 0. The SMILES string of the molecule is C=C(C)c1ccc(C(=O)NCc2ccc(=O)n(CC3CCCC3)c2)cn1.CC=NC. The maximum atomic E-state index is 12.3. The molecule has 160 valence electrons. The lowest BCUT2D eigenvalue weighted by Gasteiger charge is -2.13. The minimum Gasteiger partial charge on any atom is -0.348 e. The van der Waals surface area contributed by atoms with Gasteiger partial charge in [0.15, 0.2) is 0 Å². The zero-order valence-electron chi connectivity index (χ0n) is 18.2. The van der Waals surface area contributed by atoms with Crippen LogP contribution in [0.15, 0.2) is 53.0 Å². The number of carbonyl (C=O) groups is 1. The highest BCUT2D eigenvalue weighted by molar-refractivity contribution is 5.93. The molecular weight excluding hydrogens is 376 g/mol. The molecule has 2 aromatic rings. The molecular formula is C24H32N4O2. The van der Waals surface area contributed by atoms with Gasteiger partial charge in [-0.25, -0.2) is 0 Å². The van der Waals surface area contributed by atoms with Crippen molar-refractivity contribution >= 4 is 17.7 Å². The predicted octanol–water partition coefficient (Wildman–Crippen LogP) is 4.10. The number of nitrogens with zero attached hydrogens (tertiary/aromatic N) is 3. The van der Waals surface area contributed by atoms with Gasteiger partial charge in [-0.15, -0.1) is 0 Å². The van der Waals surface area contributed by atoms with Crippen LogP contribution in [0.3, 0.4) is 0 Å². The van der Waals surface area contributed by atoms with Crippen molar-refractivity contribution in [2.45, 2.75) is 52.6 Å². The van der Waals surface area contributed by atoms with Gasteiger partial charge in [0.25, 0.3) is 11.5 Å². The number of rotatable bonds is 6. The number of nitrogens with one attached hydrogen (secondary N) is 1. The molecule has 0 saturated heterocycles. The number of carbonyl (C=O) groups excluding carboxylic acids is 1. The third kappa shape index (κ3) is 7.10. The van der Waals surface area contributed by atoms with Crippen LogP contribution in [0.1, 0.15) is 61.1 Å². The van der Waals surface area contributed by atoms with Crippen LogP contribution < -0.4 is 10.9 Å². The molecule has 1 fully saturated rings. The molecule has 1 amide bonds. The van der Waals surface area contributed by atoms with Gasteiger partial charge in [-0.1, -0.05) is 25.5 Å². The summed E-state index contributed by atoms with van der Waals surface area (Å²) in [5.41, 5.74) is 3.09. The highest BCUT2D eigenvalue weighted by Gasteiger charge is 2.16. The molecule has 0 aromatic carbocycles. The molecule has 2 heterocycles. The molecule has 6 heteroatoms. The van der Waals surface area contributed by atoms with E-state index in [0.717, 1.165) is 23.4 Å². The molecule has 2 aromatic heterocycles. The number of hydrogen-bond donors (Lipinski definition) is 1. The topological polar surface area (TPSA) is 76.3 Å². The summed E-state index contributed by atoms with van der Waals surface area (Å²) in [5, 5.41) is 2.89. The van der Waals surface area contributed by atoms with Gasteiger partial charge >= 0.3 is 0 Å². The normalized spacial score (nSPS) is 13.7. The highest BCUT2D eigenvalue weighted by atomic mass is 16.1. The Morgan fingerprint density at radius 3 is 2.57 bits per heavy atom. The first-order valence-electron chi connectivity index (χ1n) is 10.4. The first-order valence-corrected chi connectivity index (χ1v) is 10.4. The molecule has 30 heavy (non-hydrogen) atoms. The largest absolute Gasteiger partial charge is 0.348 e. The van der Waals surface area contributed by atoms with Gasteiger partial charge in [0.05, 0.1) is 11.3 Å². The Bertz CT molecular complexity index is 919. The van der Waals surface area contributed by atoms with Crippen molar-refractivity contribution in [1.82, 2.24) is 14.9 Å². The Morgan fingerprint density at radius 1 is 1.30 bits per heavy atom. The number of allylic oxidation sites excluding steroid dienone is 1. The zero-order chi connectivity index (χ0) is 21.9. The van der Waals surface area contributed by atoms with Crippen LogP contribution in [0, 0.1) is 5.92 Å². The third-order valence-corrected chi connectivity index (χ3v) is 5.15. The minimum absolute atomic E-state index is 0.0200. The van der Waals surface area contributed by atoms with E-state index in [9.17, 15) is 9.59 Å². The fourth-order valence-electron chi connectivity index (χ4n) is 3.36. The van der Waals surface area contributed by atoms with Gasteiger partial charge < -0.3 is 14.9 Å². The van der Waals surface area contributed by atoms with Crippen molar-refractivity contribution in [3.05, 3.63) is 70.4 Å². The molecule has 1 aliphatic rings. The molecule has 6 nitrogen and oxygen atoms in total. The van der Waals surface area contributed by atoms with Gasteiger partial charge in [-0.3, -0.25) is 14.6 Å². The van der Waals surface area contributed by atoms with Crippen LogP contribution in [0.2, 0.25) is 0 Å². The Kier molecular flexibility index (Phi) is 9.19. The van der Waals surface area contributed by atoms with E-state index in [1.165, 1.54) is 25.7 Å². The number of amides is 1. The zero-order valence-corrected chi connectivity index (χ0v) is 18.2. The second-order valence-corrected chi connectivity index (χ2v) is 7.59. The fourth-order valence-corrected chi connectivity index (χ4v) is 3.36. The highest BCUT2D eigenvalue weighted by Crippen LogP contribution is 2.25. The van der Waals surface area contributed by atoms with E-state index < -0.39 is 0 Å². The molecule has 1 aliphatic carbocycles. The van der Waals surface area contributed by atoms with E-state index in [0.29, 0.717) is 18.0 Å². The standard InChI is InChI=1S/C21H25N3O2.C3H7N/c1-15(2)19-9-8-18(12-22-19)21(26)23-11-17-7-10-20(25)24(14-17)13-16-5-3-4-6-16;1-3-4-2/h7-10,12,14,16H,1,3-6,11,13H2,2H3,(H,23,26);3H,1-2H3. The molecule has 0 bridgehead atoms. The first kappa shape index (κ1) is 23.3. The Morgan fingerprint density at radius 2 is 2.00 bits per heavy atom. The molecule has 0 spiro atoms.